The third-order valence-corrected chi connectivity index (χ3v) is 2.15. The molecule has 0 aliphatic heterocycles. The fourth-order valence-corrected chi connectivity index (χ4v) is 1.40. The molecule has 0 bridgehead atoms. The molecule has 5 heteroatoms. The summed E-state index contributed by atoms with van der Waals surface area (Å²) in [5, 5.41) is 6.35. The summed E-state index contributed by atoms with van der Waals surface area (Å²) >= 11 is 3.35. The summed E-state index contributed by atoms with van der Waals surface area (Å²) in [5.41, 5.74) is 5.57. The minimum absolute atomic E-state index is 0.421. The lowest BCUT2D eigenvalue weighted by atomic mass is 10.3. The number of nitrogen functional groups attached to an aromatic ring is 1. The highest BCUT2D eigenvalue weighted by atomic mass is 79.9. The van der Waals surface area contributed by atoms with Crippen LogP contribution in [0.15, 0.2) is 34.9 Å². The molecule has 0 saturated carbocycles. The molecule has 0 fully saturated rings. The molecule has 2 aromatic rings. The van der Waals surface area contributed by atoms with E-state index in [0.29, 0.717) is 17.3 Å². The molecule has 0 aliphatic carbocycles. The van der Waals surface area contributed by atoms with E-state index in [9.17, 15) is 0 Å². The summed E-state index contributed by atoms with van der Waals surface area (Å²) < 4.78 is 6.44. The van der Waals surface area contributed by atoms with Crippen molar-refractivity contribution in [3.05, 3.63) is 34.9 Å². The largest absolute Gasteiger partial charge is 0.452 e. The van der Waals surface area contributed by atoms with E-state index in [2.05, 4.69) is 26.1 Å². The van der Waals surface area contributed by atoms with Gasteiger partial charge >= 0.3 is 0 Å². The smallest absolute Gasteiger partial charge is 0.188 e. The van der Waals surface area contributed by atoms with Gasteiger partial charge in [-0.25, -0.2) is 0 Å². The van der Waals surface area contributed by atoms with Crippen molar-refractivity contribution in [2.24, 2.45) is 0 Å². The maximum absolute atomic E-state index is 5.57. The van der Waals surface area contributed by atoms with E-state index in [-0.39, 0.29) is 0 Å². The van der Waals surface area contributed by atoms with Crippen LogP contribution in [0, 0.1) is 0 Å². The number of nitrogens with one attached hydrogen (secondary N) is 1. The minimum atomic E-state index is 0.421. The maximum Gasteiger partial charge on any atom is 0.188 e. The van der Waals surface area contributed by atoms with Crippen LogP contribution in [0.5, 0.6) is 11.5 Å². The summed E-state index contributed by atoms with van der Waals surface area (Å²) in [4.78, 5) is 0. The van der Waals surface area contributed by atoms with Crippen molar-refractivity contribution in [1.29, 1.82) is 0 Å². The molecule has 3 N–H and O–H groups in total. The van der Waals surface area contributed by atoms with E-state index < -0.39 is 0 Å². The Morgan fingerprint density at radius 3 is 2.93 bits per heavy atom. The van der Waals surface area contributed by atoms with Gasteiger partial charge in [0.05, 0.1) is 6.20 Å². The molecule has 0 saturated heterocycles. The summed E-state index contributed by atoms with van der Waals surface area (Å²) in [7, 11) is 0. The summed E-state index contributed by atoms with van der Waals surface area (Å²) in [5.74, 6) is 1.67. The molecule has 0 radical (unpaired) electrons. The molecule has 14 heavy (non-hydrogen) atoms. The first kappa shape index (κ1) is 9.08. The van der Waals surface area contributed by atoms with Gasteiger partial charge in [0.2, 0.25) is 0 Å². The number of nitrogens with two attached hydrogens (primary N) is 1. The molecule has 72 valence electrons. The zero-order chi connectivity index (χ0) is 9.97. The molecule has 1 aromatic heterocycles. The van der Waals surface area contributed by atoms with Gasteiger partial charge < -0.3 is 10.5 Å². The standard InChI is InChI=1S/C9H8BrN3O/c10-6-2-1-3-7(4-6)14-8-5-12-13-9(8)11/h1-5H,(H3,11,12,13). The molecule has 1 heterocycles. The number of benzene rings is 1. The molecule has 4 nitrogen and oxygen atoms in total. The third-order valence-electron chi connectivity index (χ3n) is 1.66. The van der Waals surface area contributed by atoms with Gasteiger partial charge in [0, 0.05) is 4.47 Å². The van der Waals surface area contributed by atoms with Crippen LogP contribution in [0.1, 0.15) is 0 Å². The van der Waals surface area contributed by atoms with Crippen LogP contribution in [0.2, 0.25) is 0 Å². The van der Waals surface area contributed by atoms with Crippen molar-refractivity contribution < 1.29 is 4.74 Å². The molecule has 1 aromatic carbocycles. The number of aromatic nitrogens is 2. The number of nitrogens with zero attached hydrogens (tertiary/aromatic N) is 1. The highest BCUT2D eigenvalue weighted by Crippen LogP contribution is 2.26. The summed E-state index contributed by atoms with van der Waals surface area (Å²) in [6.07, 6.45) is 1.54. The monoisotopic (exact) mass is 253 g/mol. The van der Waals surface area contributed by atoms with E-state index in [1.165, 1.54) is 6.20 Å². The Hall–Kier alpha value is -1.49. The lowest BCUT2D eigenvalue weighted by Crippen LogP contribution is -1.89. The van der Waals surface area contributed by atoms with Crippen LogP contribution in [-0.4, -0.2) is 10.2 Å². The topological polar surface area (TPSA) is 63.9 Å². The number of H-pyrrole nitrogens is 1. The van der Waals surface area contributed by atoms with Crippen molar-refractivity contribution in [2.45, 2.75) is 0 Å². The highest BCUT2D eigenvalue weighted by Gasteiger charge is 2.03. The third kappa shape index (κ3) is 1.88. The normalized spacial score (nSPS) is 10.1. The van der Waals surface area contributed by atoms with E-state index in [0.717, 1.165) is 4.47 Å². The van der Waals surface area contributed by atoms with Crippen LogP contribution < -0.4 is 10.5 Å². The number of anilines is 1. The lowest BCUT2D eigenvalue weighted by molar-refractivity contribution is 0.485. The van der Waals surface area contributed by atoms with Gasteiger partial charge in [0.1, 0.15) is 5.75 Å². The van der Waals surface area contributed by atoms with Crippen molar-refractivity contribution in [1.82, 2.24) is 10.2 Å². The predicted octanol–water partition coefficient (Wildman–Crippen LogP) is 2.55. The molecule has 0 unspecified atom stereocenters. The van der Waals surface area contributed by atoms with Gasteiger partial charge in [-0.3, -0.25) is 5.10 Å². The second-order valence-corrected chi connectivity index (χ2v) is 3.62. The van der Waals surface area contributed by atoms with E-state index in [4.69, 9.17) is 10.5 Å². The molecule has 0 spiro atoms. The Morgan fingerprint density at radius 1 is 1.43 bits per heavy atom. The minimum Gasteiger partial charge on any atom is -0.452 e. The van der Waals surface area contributed by atoms with Crippen LogP contribution in [0.3, 0.4) is 0 Å². The van der Waals surface area contributed by atoms with Crippen molar-refractivity contribution in [3.8, 4) is 11.5 Å². The molecule has 0 atom stereocenters. The van der Waals surface area contributed by atoms with Gasteiger partial charge in [-0.1, -0.05) is 22.0 Å². The SMILES string of the molecule is Nc1[nH]ncc1Oc1cccc(Br)c1. The Kier molecular flexibility index (Phi) is 2.41. The van der Waals surface area contributed by atoms with E-state index in [1.54, 1.807) is 0 Å². The van der Waals surface area contributed by atoms with Gasteiger partial charge in [0.25, 0.3) is 0 Å². The molecule has 0 aliphatic rings. The number of halogens is 1. The van der Waals surface area contributed by atoms with Gasteiger partial charge in [-0.2, -0.15) is 5.10 Å². The Bertz CT molecular complexity index is 441. The molecule has 2 rings (SSSR count). The quantitative estimate of drug-likeness (QED) is 0.865. The summed E-state index contributed by atoms with van der Waals surface area (Å²) in [6, 6.07) is 7.50. The van der Waals surface area contributed by atoms with Crippen LogP contribution in [0.25, 0.3) is 0 Å². The van der Waals surface area contributed by atoms with E-state index >= 15 is 0 Å². The number of aromatic amines is 1. The molecular formula is C9H8BrN3O. The van der Waals surface area contributed by atoms with Crippen LogP contribution in [-0.2, 0) is 0 Å². The van der Waals surface area contributed by atoms with E-state index in [1.807, 2.05) is 24.3 Å². The fourth-order valence-electron chi connectivity index (χ4n) is 1.02. The molecule has 0 amide bonds. The number of rotatable bonds is 2. The number of ether oxygens (including phenoxy) is 1. The predicted molar refractivity (Wildman–Crippen MR) is 57.2 cm³/mol. The average molecular weight is 254 g/mol. The van der Waals surface area contributed by atoms with Crippen molar-refractivity contribution in [3.63, 3.8) is 0 Å². The highest BCUT2D eigenvalue weighted by molar-refractivity contribution is 9.10. The molecular weight excluding hydrogens is 246 g/mol. The van der Waals surface area contributed by atoms with Gasteiger partial charge in [-0.15, -0.1) is 0 Å². The first-order valence-corrected chi connectivity index (χ1v) is 4.77. The lowest BCUT2D eigenvalue weighted by Gasteiger charge is -2.03. The number of hydrogen-bond acceptors (Lipinski definition) is 3. The fraction of sp³-hybridized carbons (Fsp3) is 0. The van der Waals surface area contributed by atoms with Gasteiger partial charge in [-0.05, 0) is 18.2 Å². The Morgan fingerprint density at radius 2 is 2.29 bits per heavy atom. The Labute approximate surface area is 89.2 Å². The second kappa shape index (κ2) is 3.71. The maximum atomic E-state index is 5.57. The number of hydrogen-bond donors (Lipinski definition) is 2. The second-order valence-electron chi connectivity index (χ2n) is 2.71. The average Bonchev–Trinajstić information content (AvgIpc) is 2.52. The zero-order valence-electron chi connectivity index (χ0n) is 7.20. The first-order valence-electron chi connectivity index (χ1n) is 3.98. The van der Waals surface area contributed by atoms with Crippen molar-refractivity contribution in [2.75, 3.05) is 5.73 Å². The summed E-state index contributed by atoms with van der Waals surface area (Å²) in [6.45, 7) is 0. The van der Waals surface area contributed by atoms with Crippen LogP contribution >= 0.6 is 15.9 Å². The zero-order valence-corrected chi connectivity index (χ0v) is 8.78. The first-order chi connectivity index (χ1) is 6.75. The van der Waals surface area contributed by atoms with Crippen molar-refractivity contribution >= 4 is 21.7 Å². The van der Waals surface area contributed by atoms with Crippen LogP contribution in [0.4, 0.5) is 5.82 Å². The Balaban J connectivity index is 2.23. The van der Waals surface area contributed by atoms with Gasteiger partial charge in [0.15, 0.2) is 11.6 Å².